The van der Waals surface area contributed by atoms with E-state index in [1.807, 2.05) is 4.90 Å². The zero-order valence-electron chi connectivity index (χ0n) is 10.5. The lowest BCUT2D eigenvalue weighted by molar-refractivity contribution is -0.142. The Bertz CT molecular complexity index is 216. The Morgan fingerprint density at radius 1 is 1.27 bits per heavy atom. The van der Waals surface area contributed by atoms with Gasteiger partial charge < -0.3 is 4.90 Å². The van der Waals surface area contributed by atoms with Crippen molar-refractivity contribution in [3.05, 3.63) is 0 Å². The lowest BCUT2D eigenvalue weighted by Crippen LogP contribution is -2.57. The van der Waals surface area contributed by atoms with Crippen molar-refractivity contribution < 1.29 is 4.79 Å². The molecule has 0 N–H and O–H groups in total. The van der Waals surface area contributed by atoms with Crippen LogP contribution in [0.4, 0.5) is 0 Å². The highest BCUT2D eigenvalue weighted by atomic mass is 16.2. The van der Waals surface area contributed by atoms with Crippen LogP contribution in [0, 0.1) is 5.92 Å². The number of likely N-dealkylation sites (N-methyl/N-ethyl adjacent to an activating group) is 2. The fourth-order valence-electron chi connectivity index (χ4n) is 2.27. The molecular weight excluding hydrogens is 188 g/mol. The molecule has 3 heteroatoms. The topological polar surface area (TPSA) is 23.6 Å². The van der Waals surface area contributed by atoms with Crippen LogP contribution in [0.15, 0.2) is 0 Å². The number of rotatable bonds is 4. The molecule has 1 aliphatic rings. The summed E-state index contributed by atoms with van der Waals surface area (Å²) in [7, 11) is 0. The molecular formula is C12H24N2O. The number of hydrogen-bond acceptors (Lipinski definition) is 2. The summed E-state index contributed by atoms with van der Waals surface area (Å²) in [6.45, 7) is 12.4. The molecule has 0 radical (unpaired) electrons. The van der Waals surface area contributed by atoms with Crippen LogP contribution in [-0.2, 0) is 4.79 Å². The van der Waals surface area contributed by atoms with E-state index in [1.54, 1.807) is 0 Å². The Morgan fingerprint density at radius 3 is 2.40 bits per heavy atom. The van der Waals surface area contributed by atoms with E-state index in [9.17, 15) is 4.79 Å². The van der Waals surface area contributed by atoms with Crippen molar-refractivity contribution in [2.45, 2.75) is 40.2 Å². The van der Waals surface area contributed by atoms with Gasteiger partial charge in [-0.1, -0.05) is 20.8 Å². The fourth-order valence-corrected chi connectivity index (χ4v) is 2.27. The summed E-state index contributed by atoms with van der Waals surface area (Å²) in [5.74, 6) is 0.920. The highest BCUT2D eigenvalue weighted by Gasteiger charge is 2.33. The minimum Gasteiger partial charge on any atom is -0.340 e. The van der Waals surface area contributed by atoms with Gasteiger partial charge in [-0.05, 0) is 25.8 Å². The van der Waals surface area contributed by atoms with E-state index in [2.05, 4.69) is 32.6 Å². The van der Waals surface area contributed by atoms with Gasteiger partial charge in [0.25, 0.3) is 0 Å². The van der Waals surface area contributed by atoms with Gasteiger partial charge in [0.2, 0.25) is 5.91 Å². The summed E-state index contributed by atoms with van der Waals surface area (Å²) < 4.78 is 0. The number of nitrogens with zero attached hydrogens (tertiary/aromatic N) is 2. The third-order valence-corrected chi connectivity index (χ3v) is 3.18. The van der Waals surface area contributed by atoms with E-state index in [-0.39, 0.29) is 6.04 Å². The van der Waals surface area contributed by atoms with E-state index >= 15 is 0 Å². The molecule has 0 aromatic heterocycles. The Balaban J connectivity index is 2.69. The summed E-state index contributed by atoms with van der Waals surface area (Å²) in [4.78, 5) is 16.4. The van der Waals surface area contributed by atoms with E-state index in [0.29, 0.717) is 11.8 Å². The fraction of sp³-hybridized carbons (Fsp3) is 0.917. The molecule has 0 bridgehead atoms. The predicted octanol–water partition coefficient (Wildman–Crippen LogP) is 1.59. The van der Waals surface area contributed by atoms with Gasteiger partial charge in [0.15, 0.2) is 0 Å². The maximum atomic E-state index is 12.1. The third-order valence-electron chi connectivity index (χ3n) is 3.18. The molecule has 1 rings (SSSR count). The number of amides is 1. The van der Waals surface area contributed by atoms with Gasteiger partial charge in [-0.15, -0.1) is 0 Å². The molecule has 1 heterocycles. The maximum absolute atomic E-state index is 12.1. The van der Waals surface area contributed by atoms with Crippen LogP contribution in [0.25, 0.3) is 0 Å². The van der Waals surface area contributed by atoms with Crippen molar-refractivity contribution in [3.8, 4) is 0 Å². The van der Waals surface area contributed by atoms with E-state index < -0.39 is 0 Å². The Labute approximate surface area is 93.4 Å². The molecule has 1 amide bonds. The lowest BCUT2D eigenvalue weighted by atomic mass is 9.99. The number of hydrogen-bond donors (Lipinski definition) is 0. The molecule has 0 aliphatic carbocycles. The van der Waals surface area contributed by atoms with Crippen molar-refractivity contribution in [3.63, 3.8) is 0 Å². The average Bonchev–Trinajstić information content (AvgIpc) is 2.20. The zero-order valence-corrected chi connectivity index (χ0v) is 10.5. The van der Waals surface area contributed by atoms with Crippen LogP contribution in [0.3, 0.4) is 0 Å². The van der Waals surface area contributed by atoms with Crippen molar-refractivity contribution in [2.24, 2.45) is 5.92 Å². The zero-order chi connectivity index (χ0) is 11.4. The SMILES string of the molecule is CCN1CCN(CC)[C@@H](CC(C)C)C1=O. The minimum atomic E-state index is 0.128. The molecule has 0 unspecified atom stereocenters. The van der Waals surface area contributed by atoms with Crippen LogP contribution in [0.5, 0.6) is 0 Å². The largest absolute Gasteiger partial charge is 0.340 e. The Hall–Kier alpha value is -0.570. The van der Waals surface area contributed by atoms with Crippen molar-refractivity contribution in [1.82, 2.24) is 9.80 Å². The van der Waals surface area contributed by atoms with E-state index in [1.165, 1.54) is 0 Å². The molecule has 0 spiro atoms. The molecule has 3 nitrogen and oxygen atoms in total. The Morgan fingerprint density at radius 2 is 1.93 bits per heavy atom. The summed E-state index contributed by atoms with van der Waals surface area (Å²) in [6, 6.07) is 0.128. The first kappa shape index (κ1) is 12.5. The number of carbonyl (C=O) groups is 1. The minimum absolute atomic E-state index is 0.128. The summed E-state index contributed by atoms with van der Waals surface area (Å²) in [5, 5.41) is 0. The van der Waals surface area contributed by atoms with Crippen LogP contribution in [0.1, 0.15) is 34.1 Å². The average molecular weight is 212 g/mol. The number of carbonyl (C=O) groups excluding carboxylic acids is 1. The van der Waals surface area contributed by atoms with Gasteiger partial charge in [0, 0.05) is 19.6 Å². The summed E-state index contributed by atoms with van der Waals surface area (Å²) >= 11 is 0. The molecule has 0 aromatic carbocycles. The molecule has 1 atom stereocenters. The molecule has 88 valence electrons. The van der Waals surface area contributed by atoms with Gasteiger partial charge in [0.05, 0.1) is 6.04 Å². The van der Waals surface area contributed by atoms with Gasteiger partial charge in [-0.25, -0.2) is 0 Å². The quantitative estimate of drug-likeness (QED) is 0.706. The van der Waals surface area contributed by atoms with Crippen LogP contribution in [0.2, 0.25) is 0 Å². The third kappa shape index (κ3) is 2.94. The number of piperazine rings is 1. The van der Waals surface area contributed by atoms with Crippen LogP contribution < -0.4 is 0 Å². The van der Waals surface area contributed by atoms with E-state index in [0.717, 1.165) is 32.6 Å². The second-order valence-electron chi connectivity index (χ2n) is 4.69. The smallest absolute Gasteiger partial charge is 0.239 e. The highest BCUT2D eigenvalue weighted by molar-refractivity contribution is 5.82. The first-order valence-electron chi connectivity index (χ1n) is 6.12. The monoisotopic (exact) mass is 212 g/mol. The van der Waals surface area contributed by atoms with Gasteiger partial charge in [-0.2, -0.15) is 0 Å². The normalized spacial score (nSPS) is 23.9. The molecule has 0 saturated carbocycles. The molecule has 1 aliphatic heterocycles. The lowest BCUT2D eigenvalue weighted by Gasteiger charge is -2.40. The molecule has 0 aromatic rings. The van der Waals surface area contributed by atoms with Gasteiger partial charge in [-0.3, -0.25) is 9.69 Å². The summed E-state index contributed by atoms with van der Waals surface area (Å²) in [6.07, 6.45) is 0.989. The molecule has 15 heavy (non-hydrogen) atoms. The second kappa shape index (κ2) is 5.50. The van der Waals surface area contributed by atoms with Crippen molar-refractivity contribution in [1.29, 1.82) is 0 Å². The maximum Gasteiger partial charge on any atom is 0.239 e. The first-order valence-corrected chi connectivity index (χ1v) is 6.12. The molecule has 1 fully saturated rings. The molecule has 1 saturated heterocycles. The van der Waals surface area contributed by atoms with Crippen molar-refractivity contribution >= 4 is 5.91 Å². The predicted molar refractivity (Wildman–Crippen MR) is 62.7 cm³/mol. The Kier molecular flexibility index (Phi) is 4.58. The second-order valence-corrected chi connectivity index (χ2v) is 4.69. The highest BCUT2D eigenvalue weighted by Crippen LogP contribution is 2.18. The van der Waals surface area contributed by atoms with Gasteiger partial charge in [0.1, 0.15) is 0 Å². The van der Waals surface area contributed by atoms with Crippen molar-refractivity contribution in [2.75, 3.05) is 26.2 Å². The first-order chi connectivity index (χ1) is 7.10. The van der Waals surface area contributed by atoms with Crippen LogP contribution >= 0.6 is 0 Å². The standard InChI is InChI=1S/C12H24N2O/c1-5-13-7-8-14(6-2)12(15)11(13)9-10(3)4/h10-11H,5-9H2,1-4H3/t11-/m0/s1. The van der Waals surface area contributed by atoms with Crippen LogP contribution in [-0.4, -0.2) is 47.9 Å². The summed E-state index contributed by atoms with van der Waals surface area (Å²) in [5.41, 5.74) is 0. The van der Waals surface area contributed by atoms with E-state index in [4.69, 9.17) is 0 Å². The van der Waals surface area contributed by atoms with Gasteiger partial charge >= 0.3 is 0 Å².